The number of methoxy groups -OCH3 is 1. The van der Waals surface area contributed by atoms with Crippen LogP contribution in [0.1, 0.15) is 22.3 Å². The number of hydrogen-bond donors (Lipinski definition) is 2. The minimum atomic E-state index is -0.799. The fourth-order valence-corrected chi connectivity index (χ4v) is 3.20. The molecular formula is C16H18IN3O4S. The van der Waals surface area contributed by atoms with Crippen LogP contribution >= 0.6 is 34.8 Å². The van der Waals surface area contributed by atoms with E-state index in [4.69, 9.17) is 12.2 Å². The van der Waals surface area contributed by atoms with Gasteiger partial charge in [0.15, 0.2) is 5.11 Å². The van der Waals surface area contributed by atoms with Crippen molar-refractivity contribution in [2.75, 3.05) is 20.2 Å². The molecule has 0 bridgehead atoms. The summed E-state index contributed by atoms with van der Waals surface area (Å²) in [5.74, 6) is -1.20. The highest BCUT2D eigenvalue weighted by Gasteiger charge is 2.34. The second-order valence-corrected chi connectivity index (χ2v) is 7.05. The Bertz CT molecular complexity index is 725. The SMILES string of the molecule is COC(=O)CC1C(=O)NCCN1C(=S)NC(=O)c1ccc(C)c(I)c1. The summed E-state index contributed by atoms with van der Waals surface area (Å²) in [6.07, 6.45) is -0.138. The van der Waals surface area contributed by atoms with Gasteiger partial charge in [-0.2, -0.15) is 0 Å². The van der Waals surface area contributed by atoms with Gasteiger partial charge in [-0.05, 0) is 59.4 Å². The van der Waals surface area contributed by atoms with Gasteiger partial charge < -0.3 is 15.0 Å². The van der Waals surface area contributed by atoms with Gasteiger partial charge in [-0.3, -0.25) is 19.7 Å². The fourth-order valence-electron chi connectivity index (χ4n) is 2.38. The number of carbonyl (C=O) groups excluding carboxylic acids is 3. The largest absolute Gasteiger partial charge is 0.469 e. The zero-order valence-corrected chi connectivity index (χ0v) is 16.8. The molecule has 7 nitrogen and oxygen atoms in total. The Kier molecular flexibility index (Phi) is 6.71. The molecule has 1 aliphatic heterocycles. The lowest BCUT2D eigenvalue weighted by Crippen LogP contribution is -2.60. The first kappa shape index (κ1) is 19.6. The molecule has 2 rings (SSSR count). The molecule has 1 fully saturated rings. The van der Waals surface area contributed by atoms with Crippen molar-refractivity contribution in [2.24, 2.45) is 0 Å². The van der Waals surface area contributed by atoms with Crippen molar-refractivity contribution in [3.63, 3.8) is 0 Å². The number of piperazine rings is 1. The second-order valence-electron chi connectivity index (χ2n) is 5.50. The number of ether oxygens (including phenoxy) is 1. The minimum Gasteiger partial charge on any atom is -0.469 e. The monoisotopic (exact) mass is 475 g/mol. The number of amides is 2. The quantitative estimate of drug-likeness (QED) is 0.385. The molecule has 0 radical (unpaired) electrons. The number of thiocarbonyl (C=S) groups is 1. The van der Waals surface area contributed by atoms with E-state index in [1.54, 1.807) is 17.0 Å². The van der Waals surface area contributed by atoms with E-state index in [2.05, 4.69) is 38.0 Å². The Morgan fingerprint density at radius 1 is 1.48 bits per heavy atom. The average molecular weight is 475 g/mol. The van der Waals surface area contributed by atoms with Crippen LogP contribution in [-0.4, -0.2) is 54.0 Å². The third-order valence-electron chi connectivity index (χ3n) is 3.83. The van der Waals surface area contributed by atoms with Crippen molar-refractivity contribution in [1.82, 2.24) is 15.5 Å². The van der Waals surface area contributed by atoms with Crippen molar-refractivity contribution < 1.29 is 19.1 Å². The third-order valence-corrected chi connectivity index (χ3v) is 5.33. The van der Waals surface area contributed by atoms with Gasteiger partial charge in [0.2, 0.25) is 5.91 Å². The molecule has 0 saturated carbocycles. The highest BCUT2D eigenvalue weighted by atomic mass is 127. The number of hydrogen-bond acceptors (Lipinski definition) is 5. The first-order valence-corrected chi connectivity index (χ1v) is 9.04. The van der Waals surface area contributed by atoms with Crippen molar-refractivity contribution in [3.05, 3.63) is 32.9 Å². The van der Waals surface area contributed by atoms with Crippen LogP contribution in [0.25, 0.3) is 0 Å². The van der Waals surface area contributed by atoms with Crippen molar-refractivity contribution in [2.45, 2.75) is 19.4 Å². The van der Waals surface area contributed by atoms with Gasteiger partial charge in [0.1, 0.15) is 6.04 Å². The molecule has 134 valence electrons. The van der Waals surface area contributed by atoms with Crippen LogP contribution < -0.4 is 10.6 Å². The van der Waals surface area contributed by atoms with Gasteiger partial charge in [0.05, 0.1) is 13.5 Å². The lowest BCUT2D eigenvalue weighted by Gasteiger charge is -2.36. The lowest BCUT2D eigenvalue weighted by molar-refractivity contribution is -0.144. The van der Waals surface area contributed by atoms with Gasteiger partial charge in [-0.15, -0.1) is 0 Å². The molecule has 0 aromatic heterocycles. The van der Waals surface area contributed by atoms with Crippen LogP contribution in [0.4, 0.5) is 0 Å². The number of carbonyl (C=O) groups is 3. The van der Waals surface area contributed by atoms with Gasteiger partial charge in [0.25, 0.3) is 5.91 Å². The number of benzene rings is 1. The van der Waals surface area contributed by atoms with E-state index < -0.39 is 12.0 Å². The molecule has 0 spiro atoms. The minimum absolute atomic E-state index is 0.115. The van der Waals surface area contributed by atoms with Crippen LogP contribution in [0.15, 0.2) is 18.2 Å². The Hall–Kier alpha value is -1.75. The number of esters is 1. The van der Waals surface area contributed by atoms with Crippen LogP contribution in [0, 0.1) is 10.5 Å². The van der Waals surface area contributed by atoms with Gasteiger partial charge in [-0.25, -0.2) is 0 Å². The van der Waals surface area contributed by atoms with E-state index in [-0.39, 0.29) is 23.3 Å². The van der Waals surface area contributed by atoms with Crippen LogP contribution in [-0.2, 0) is 14.3 Å². The number of aryl methyl sites for hydroxylation is 1. The Morgan fingerprint density at radius 2 is 2.20 bits per heavy atom. The molecule has 25 heavy (non-hydrogen) atoms. The number of halogens is 1. The Labute approximate surface area is 164 Å². The molecule has 1 saturated heterocycles. The highest BCUT2D eigenvalue weighted by molar-refractivity contribution is 14.1. The molecule has 9 heteroatoms. The average Bonchev–Trinajstić information content (AvgIpc) is 2.58. The molecule has 1 heterocycles. The van der Waals surface area contributed by atoms with Crippen LogP contribution in [0.3, 0.4) is 0 Å². The summed E-state index contributed by atoms with van der Waals surface area (Å²) in [5.41, 5.74) is 1.55. The predicted octanol–water partition coefficient (Wildman–Crippen LogP) is 0.978. The summed E-state index contributed by atoms with van der Waals surface area (Å²) in [4.78, 5) is 37.6. The standard InChI is InChI=1S/C16H18IN3O4S/c1-9-3-4-10(7-11(9)17)14(22)19-16(25)20-6-5-18-15(23)12(20)8-13(21)24-2/h3-4,7,12H,5-6,8H2,1-2H3,(H,18,23)(H,19,22,25). The summed E-state index contributed by atoms with van der Waals surface area (Å²) >= 11 is 7.44. The first-order chi connectivity index (χ1) is 11.8. The summed E-state index contributed by atoms with van der Waals surface area (Å²) in [5, 5.41) is 5.44. The third kappa shape index (κ3) is 4.88. The van der Waals surface area contributed by atoms with E-state index in [1.807, 2.05) is 13.0 Å². The van der Waals surface area contributed by atoms with Gasteiger partial charge in [-0.1, -0.05) is 6.07 Å². The Balaban J connectivity index is 2.11. The molecule has 2 N–H and O–H groups in total. The predicted molar refractivity (Wildman–Crippen MR) is 104 cm³/mol. The van der Waals surface area contributed by atoms with E-state index in [1.165, 1.54) is 7.11 Å². The number of nitrogens with zero attached hydrogens (tertiary/aromatic N) is 1. The normalized spacial score (nSPS) is 16.8. The second kappa shape index (κ2) is 8.56. The maximum atomic E-state index is 12.4. The van der Waals surface area contributed by atoms with E-state index in [0.717, 1.165) is 9.13 Å². The molecule has 1 aliphatic rings. The maximum absolute atomic E-state index is 12.4. The lowest BCUT2D eigenvalue weighted by atomic mass is 10.1. The van der Waals surface area contributed by atoms with E-state index in [9.17, 15) is 14.4 Å². The molecule has 1 aromatic carbocycles. The summed E-state index contributed by atoms with van der Waals surface area (Å²) < 4.78 is 5.60. The smallest absolute Gasteiger partial charge is 0.308 e. The van der Waals surface area contributed by atoms with Crippen molar-refractivity contribution >= 4 is 57.7 Å². The number of nitrogens with one attached hydrogen (secondary N) is 2. The zero-order valence-electron chi connectivity index (χ0n) is 13.8. The Morgan fingerprint density at radius 3 is 2.84 bits per heavy atom. The summed E-state index contributed by atoms with van der Waals surface area (Å²) in [6.45, 7) is 2.74. The first-order valence-electron chi connectivity index (χ1n) is 7.56. The van der Waals surface area contributed by atoms with Crippen molar-refractivity contribution in [1.29, 1.82) is 0 Å². The van der Waals surface area contributed by atoms with E-state index >= 15 is 0 Å². The van der Waals surface area contributed by atoms with Crippen LogP contribution in [0.2, 0.25) is 0 Å². The number of rotatable bonds is 3. The molecule has 1 atom stereocenters. The zero-order chi connectivity index (χ0) is 18.6. The fraction of sp³-hybridized carbons (Fsp3) is 0.375. The molecular weight excluding hydrogens is 457 g/mol. The molecule has 1 aromatic rings. The van der Waals surface area contributed by atoms with Crippen molar-refractivity contribution in [3.8, 4) is 0 Å². The topological polar surface area (TPSA) is 87.7 Å². The van der Waals surface area contributed by atoms with Gasteiger partial charge >= 0.3 is 5.97 Å². The van der Waals surface area contributed by atoms with E-state index in [0.29, 0.717) is 18.7 Å². The maximum Gasteiger partial charge on any atom is 0.308 e. The summed E-state index contributed by atoms with van der Waals surface area (Å²) in [7, 11) is 1.26. The van der Waals surface area contributed by atoms with Gasteiger partial charge in [0, 0.05) is 22.2 Å². The van der Waals surface area contributed by atoms with Crippen LogP contribution in [0.5, 0.6) is 0 Å². The molecule has 2 amide bonds. The summed E-state index contributed by atoms with van der Waals surface area (Å²) in [6, 6.07) is 4.54. The highest BCUT2D eigenvalue weighted by Crippen LogP contribution is 2.14. The molecule has 1 unspecified atom stereocenters. The molecule has 0 aliphatic carbocycles.